The minimum atomic E-state index is 0.779. The Bertz CT molecular complexity index is 1050. The van der Waals surface area contributed by atoms with Gasteiger partial charge in [0.1, 0.15) is 18.6 Å². The molecule has 0 N–H and O–H groups in total. The molecule has 1 saturated heterocycles. The van der Waals surface area contributed by atoms with Gasteiger partial charge < -0.3 is 14.0 Å². The van der Waals surface area contributed by atoms with Crippen LogP contribution in [0.3, 0.4) is 0 Å². The molecule has 30 heavy (non-hydrogen) atoms. The number of benzene rings is 1. The van der Waals surface area contributed by atoms with E-state index in [1.165, 1.54) is 11.1 Å². The van der Waals surface area contributed by atoms with Crippen molar-refractivity contribution in [3.8, 4) is 22.5 Å². The van der Waals surface area contributed by atoms with E-state index in [9.17, 15) is 0 Å². The van der Waals surface area contributed by atoms with Crippen molar-refractivity contribution in [2.75, 3.05) is 33.4 Å². The summed E-state index contributed by atoms with van der Waals surface area (Å²) < 4.78 is 11.9. The van der Waals surface area contributed by atoms with Gasteiger partial charge in [-0.1, -0.05) is 23.4 Å². The lowest BCUT2D eigenvalue weighted by molar-refractivity contribution is 0.0314. The first kappa shape index (κ1) is 19.0. The van der Waals surface area contributed by atoms with Crippen molar-refractivity contribution in [3.63, 3.8) is 0 Å². The average Bonchev–Trinajstić information content (AvgIpc) is 3.39. The molecule has 0 amide bonds. The third kappa shape index (κ3) is 3.76. The molecular weight excluding hydrogens is 378 g/mol. The van der Waals surface area contributed by atoms with Gasteiger partial charge in [-0.05, 0) is 42.2 Å². The van der Waals surface area contributed by atoms with Gasteiger partial charge in [0.2, 0.25) is 0 Å². The highest BCUT2D eigenvalue weighted by molar-refractivity contribution is 6.04. The number of nitrogens with zero attached hydrogens (tertiary/aromatic N) is 3. The molecule has 0 atom stereocenters. The summed E-state index contributed by atoms with van der Waals surface area (Å²) in [5.74, 6) is 1.87. The molecule has 1 aliphatic heterocycles. The summed E-state index contributed by atoms with van der Waals surface area (Å²) in [6, 6.07) is 12.8. The number of hydrogen-bond donors (Lipinski definition) is 0. The van der Waals surface area contributed by atoms with Gasteiger partial charge in [-0.2, -0.15) is 0 Å². The number of morpholine rings is 1. The van der Waals surface area contributed by atoms with E-state index >= 15 is 0 Å². The van der Waals surface area contributed by atoms with Gasteiger partial charge in [0, 0.05) is 42.2 Å². The van der Waals surface area contributed by atoms with Crippen molar-refractivity contribution in [1.82, 2.24) is 9.88 Å². The molecule has 0 saturated carbocycles. The number of oxime groups is 1. The lowest BCUT2D eigenvalue weighted by Crippen LogP contribution is -2.35. The third-order valence-electron chi connectivity index (χ3n) is 5.77. The van der Waals surface area contributed by atoms with E-state index in [4.69, 9.17) is 14.0 Å². The average molecular weight is 403 g/mol. The van der Waals surface area contributed by atoms with Gasteiger partial charge >= 0.3 is 0 Å². The second kappa shape index (κ2) is 8.42. The van der Waals surface area contributed by atoms with E-state index in [-0.39, 0.29) is 0 Å². The zero-order valence-electron chi connectivity index (χ0n) is 17.1. The fraction of sp³-hybridized carbons (Fsp3) is 0.333. The Labute approximate surface area is 176 Å². The molecule has 6 heteroatoms. The van der Waals surface area contributed by atoms with E-state index in [0.29, 0.717) is 0 Å². The number of furan rings is 1. The Kier molecular flexibility index (Phi) is 5.34. The van der Waals surface area contributed by atoms with Gasteiger partial charge in [-0.3, -0.25) is 9.88 Å². The molecule has 3 heterocycles. The summed E-state index contributed by atoms with van der Waals surface area (Å²) in [5.41, 5.74) is 6.83. The van der Waals surface area contributed by atoms with Crippen molar-refractivity contribution in [3.05, 3.63) is 65.7 Å². The van der Waals surface area contributed by atoms with Crippen molar-refractivity contribution in [2.45, 2.75) is 19.4 Å². The van der Waals surface area contributed by atoms with Crippen LogP contribution in [0.5, 0.6) is 0 Å². The van der Waals surface area contributed by atoms with Gasteiger partial charge in [0.05, 0.1) is 25.5 Å². The summed E-state index contributed by atoms with van der Waals surface area (Å²) in [7, 11) is 1.60. The minimum Gasteiger partial charge on any atom is -0.459 e. The molecule has 2 aliphatic rings. The third-order valence-corrected chi connectivity index (χ3v) is 5.77. The van der Waals surface area contributed by atoms with E-state index in [2.05, 4.69) is 39.3 Å². The first-order valence-electron chi connectivity index (χ1n) is 10.4. The van der Waals surface area contributed by atoms with Gasteiger partial charge in [-0.25, -0.2) is 0 Å². The normalized spacial score (nSPS) is 18.0. The largest absolute Gasteiger partial charge is 0.459 e. The van der Waals surface area contributed by atoms with E-state index in [0.717, 1.165) is 79.6 Å². The van der Waals surface area contributed by atoms with Gasteiger partial charge in [0.15, 0.2) is 0 Å². The predicted octanol–water partition coefficient (Wildman–Crippen LogP) is 4.14. The van der Waals surface area contributed by atoms with Crippen LogP contribution in [0.4, 0.5) is 0 Å². The fourth-order valence-electron chi connectivity index (χ4n) is 4.27. The van der Waals surface area contributed by atoms with Crippen LogP contribution in [-0.2, 0) is 22.5 Å². The number of rotatable bonds is 5. The number of pyridine rings is 1. The van der Waals surface area contributed by atoms with Crippen LogP contribution in [0, 0.1) is 0 Å². The lowest BCUT2D eigenvalue weighted by Gasteiger charge is -2.25. The smallest absolute Gasteiger partial charge is 0.142 e. The molecule has 0 unspecified atom stereocenters. The standard InChI is InChI=1S/C24H25N3O3/c1-28-26-23-5-3-18-14-19(2-4-21(18)23)22-15-20(16-27-10-12-29-13-11-27)30-24(22)17-6-8-25-9-7-17/h2,4,6-9,14-15H,3,5,10-13,16H2,1H3. The minimum absolute atomic E-state index is 0.779. The first-order chi connectivity index (χ1) is 14.8. The van der Waals surface area contributed by atoms with Crippen molar-refractivity contribution in [2.24, 2.45) is 5.16 Å². The Balaban J connectivity index is 1.53. The summed E-state index contributed by atoms with van der Waals surface area (Å²) in [6.07, 6.45) is 5.50. The molecule has 6 nitrogen and oxygen atoms in total. The maximum atomic E-state index is 6.38. The molecule has 154 valence electrons. The van der Waals surface area contributed by atoms with Gasteiger partial charge in [-0.15, -0.1) is 0 Å². The molecule has 3 aromatic rings. The van der Waals surface area contributed by atoms with Crippen LogP contribution in [0.1, 0.15) is 23.3 Å². The van der Waals surface area contributed by atoms with Crippen molar-refractivity contribution < 1.29 is 14.0 Å². The van der Waals surface area contributed by atoms with Crippen LogP contribution in [0.15, 0.2) is 58.4 Å². The fourth-order valence-corrected chi connectivity index (χ4v) is 4.27. The number of aryl methyl sites for hydroxylation is 1. The van der Waals surface area contributed by atoms with Crippen molar-refractivity contribution in [1.29, 1.82) is 0 Å². The second-order valence-corrected chi connectivity index (χ2v) is 7.67. The maximum Gasteiger partial charge on any atom is 0.142 e. The first-order valence-corrected chi connectivity index (χ1v) is 10.4. The Morgan fingerprint density at radius 3 is 2.63 bits per heavy atom. The second-order valence-electron chi connectivity index (χ2n) is 7.67. The maximum absolute atomic E-state index is 6.38. The van der Waals surface area contributed by atoms with E-state index < -0.39 is 0 Å². The Morgan fingerprint density at radius 1 is 1.00 bits per heavy atom. The molecular formula is C24H25N3O3. The van der Waals surface area contributed by atoms with Crippen LogP contribution in [-0.4, -0.2) is 49.0 Å². The predicted molar refractivity (Wildman–Crippen MR) is 115 cm³/mol. The van der Waals surface area contributed by atoms with Crippen LogP contribution in [0.25, 0.3) is 22.5 Å². The Morgan fingerprint density at radius 2 is 1.83 bits per heavy atom. The zero-order valence-corrected chi connectivity index (χ0v) is 17.1. The molecule has 0 spiro atoms. The summed E-state index contributed by atoms with van der Waals surface area (Å²) in [6.45, 7) is 4.21. The molecule has 0 radical (unpaired) electrons. The van der Waals surface area contributed by atoms with E-state index in [1.807, 2.05) is 12.1 Å². The summed E-state index contributed by atoms with van der Waals surface area (Å²) >= 11 is 0. The topological polar surface area (TPSA) is 60.1 Å². The van der Waals surface area contributed by atoms with Crippen molar-refractivity contribution >= 4 is 5.71 Å². The zero-order chi connectivity index (χ0) is 20.3. The van der Waals surface area contributed by atoms with Gasteiger partial charge in [0.25, 0.3) is 0 Å². The van der Waals surface area contributed by atoms with E-state index in [1.54, 1.807) is 19.5 Å². The number of ether oxygens (including phenoxy) is 1. The molecule has 1 aliphatic carbocycles. The highest BCUT2D eigenvalue weighted by Gasteiger charge is 2.22. The molecule has 2 aromatic heterocycles. The highest BCUT2D eigenvalue weighted by atomic mass is 16.6. The summed E-state index contributed by atoms with van der Waals surface area (Å²) in [4.78, 5) is 11.5. The molecule has 5 rings (SSSR count). The monoisotopic (exact) mass is 403 g/mol. The van der Waals surface area contributed by atoms with Crippen LogP contribution in [0.2, 0.25) is 0 Å². The molecule has 0 bridgehead atoms. The lowest BCUT2D eigenvalue weighted by atomic mass is 9.98. The number of aromatic nitrogens is 1. The quantitative estimate of drug-likeness (QED) is 0.600. The molecule has 1 fully saturated rings. The van der Waals surface area contributed by atoms with Crippen LogP contribution >= 0.6 is 0 Å². The number of hydrogen-bond acceptors (Lipinski definition) is 6. The highest BCUT2D eigenvalue weighted by Crippen LogP contribution is 2.37. The summed E-state index contributed by atoms with van der Waals surface area (Å²) in [5, 5.41) is 4.18. The molecule has 1 aromatic carbocycles. The number of fused-ring (bicyclic) bond motifs is 1. The Hall–Kier alpha value is -2.96. The van der Waals surface area contributed by atoms with Crippen LogP contribution < -0.4 is 0 Å². The SMILES string of the molecule is CON=C1CCc2cc(-c3cc(CN4CCOCC4)oc3-c3ccncc3)ccc21.